The number of rotatable bonds is 8. The standard InChI is InChI=1S/C11H24N2OS/c1-5-6-7-13-10(14)8-12-9-11(2,3)15-4/h12H,5-9H2,1-4H3,(H,13,14). The van der Waals surface area contributed by atoms with Crippen LogP contribution in [0.25, 0.3) is 0 Å². The van der Waals surface area contributed by atoms with Crippen molar-refractivity contribution in [1.29, 1.82) is 0 Å². The average molecular weight is 232 g/mol. The monoisotopic (exact) mass is 232 g/mol. The Balaban J connectivity index is 3.46. The molecule has 0 spiro atoms. The number of amides is 1. The highest BCUT2D eigenvalue weighted by Gasteiger charge is 2.15. The summed E-state index contributed by atoms with van der Waals surface area (Å²) in [6.45, 7) is 8.52. The molecule has 0 aliphatic carbocycles. The summed E-state index contributed by atoms with van der Waals surface area (Å²) in [5.74, 6) is 0.0975. The number of nitrogens with one attached hydrogen (secondary N) is 2. The van der Waals surface area contributed by atoms with E-state index in [2.05, 4.69) is 37.7 Å². The Hall–Kier alpha value is -0.220. The van der Waals surface area contributed by atoms with Gasteiger partial charge in [-0.25, -0.2) is 0 Å². The van der Waals surface area contributed by atoms with Crippen molar-refractivity contribution in [2.75, 3.05) is 25.9 Å². The molecule has 0 fully saturated rings. The molecule has 0 unspecified atom stereocenters. The van der Waals surface area contributed by atoms with Crippen molar-refractivity contribution in [2.45, 2.75) is 38.4 Å². The van der Waals surface area contributed by atoms with Crippen LogP contribution >= 0.6 is 11.8 Å². The Labute approximate surface area is 97.8 Å². The molecular formula is C11H24N2OS. The molecule has 0 aromatic rings. The first-order chi connectivity index (χ1) is 7.02. The first-order valence-electron chi connectivity index (χ1n) is 5.54. The molecule has 0 aromatic carbocycles. The number of carbonyl (C=O) groups excluding carboxylic acids is 1. The summed E-state index contributed by atoms with van der Waals surface area (Å²) < 4.78 is 0.198. The quantitative estimate of drug-likeness (QED) is 0.625. The number of hydrogen-bond donors (Lipinski definition) is 2. The molecule has 2 N–H and O–H groups in total. The number of hydrogen-bond acceptors (Lipinski definition) is 3. The Morgan fingerprint density at radius 2 is 2.07 bits per heavy atom. The van der Waals surface area contributed by atoms with Gasteiger partial charge in [0, 0.05) is 17.8 Å². The largest absolute Gasteiger partial charge is 0.355 e. The lowest BCUT2D eigenvalue weighted by Gasteiger charge is -2.22. The van der Waals surface area contributed by atoms with E-state index in [1.165, 1.54) is 0 Å². The fraction of sp³-hybridized carbons (Fsp3) is 0.909. The van der Waals surface area contributed by atoms with Gasteiger partial charge in [-0.05, 0) is 26.5 Å². The molecule has 0 bridgehead atoms. The summed E-state index contributed by atoms with van der Waals surface area (Å²) >= 11 is 1.81. The normalized spacial score (nSPS) is 11.5. The van der Waals surface area contributed by atoms with E-state index in [9.17, 15) is 4.79 Å². The zero-order valence-corrected chi connectivity index (χ0v) is 11.2. The van der Waals surface area contributed by atoms with Gasteiger partial charge in [-0.2, -0.15) is 11.8 Å². The van der Waals surface area contributed by atoms with Crippen molar-refractivity contribution in [1.82, 2.24) is 10.6 Å². The van der Waals surface area contributed by atoms with Crippen LogP contribution in [0.4, 0.5) is 0 Å². The van der Waals surface area contributed by atoms with Gasteiger partial charge in [0.1, 0.15) is 0 Å². The first-order valence-corrected chi connectivity index (χ1v) is 6.77. The minimum atomic E-state index is 0.0975. The maximum absolute atomic E-state index is 11.3. The molecule has 3 nitrogen and oxygen atoms in total. The predicted molar refractivity (Wildman–Crippen MR) is 68.4 cm³/mol. The van der Waals surface area contributed by atoms with Gasteiger partial charge in [0.2, 0.25) is 5.91 Å². The van der Waals surface area contributed by atoms with Gasteiger partial charge in [-0.3, -0.25) is 4.79 Å². The minimum absolute atomic E-state index is 0.0975. The lowest BCUT2D eigenvalue weighted by molar-refractivity contribution is -0.120. The zero-order chi connectivity index (χ0) is 11.7. The fourth-order valence-corrected chi connectivity index (χ4v) is 1.26. The van der Waals surface area contributed by atoms with Crippen LogP contribution in [-0.4, -0.2) is 36.5 Å². The molecule has 15 heavy (non-hydrogen) atoms. The Kier molecular flexibility index (Phi) is 7.88. The van der Waals surface area contributed by atoms with E-state index < -0.39 is 0 Å². The minimum Gasteiger partial charge on any atom is -0.355 e. The van der Waals surface area contributed by atoms with Crippen LogP contribution < -0.4 is 10.6 Å². The molecule has 0 rings (SSSR count). The molecule has 1 amide bonds. The van der Waals surface area contributed by atoms with Crippen molar-refractivity contribution >= 4 is 17.7 Å². The summed E-state index contributed by atoms with van der Waals surface area (Å²) in [4.78, 5) is 11.3. The van der Waals surface area contributed by atoms with Crippen molar-refractivity contribution in [3.05, 3.63) is 0 Å². The third kappa shape index (κ3) is 8.75. The summed E-state index contributed by atoms with van der Waals surface area (Å²) in [5.41, 5.74) is 0. The summed E-state index contributed by atoms with van der Waals surface area (Å²) in [6, 6.07) is 0. The fourth-order valence-electron chi connectivity index (χ4n) is 1.02. The highest BCUT2D eigenvalue weighted by atomic mass is 32.2. The maximum atomic E-state index is 11.3. The molecule has 0 radical (unpaired) electrons. The lowest BCUT2D eigenvalue weighted by Crippen LogP contribution is -2.39. The van der Waals surface area contributed by atoms with E-state index in [1.807, 2.05) is 0 Å². The molecule has 0 aromatic heterocycles. The van der Waals surface area contributed by atoms with Gasteiger partial charge < -0.3 is 10.6 Å². The summed E-state index contributed by atoms with van der Waals surface area (Å²) in [5, 5.41) is 6.05. The highest BCUT2D eigenvalue weighted by Crippen LogP contribution is 2.19. The third-order valence-corrected chi connectivity index (χ3v) is 3.49. The zero-order valence-electron chi connectivity index (χ0n) is 10.4. The number of carbonyl (C=O) groups is 1. The van der Waals surface area contributed by atoms with E-state index in [-0.39, 0.29) is 10.7 Å². The van der Waals surface area contributed by atoms with Crippen molar-refractivity contribution in [2.24, 2.45) is 0 Å². The topological polar surface area (TPSA) is 41.1 Å². The first kappa shape index (κ1) is 14.8. The molecule has 4 heteroatoms. The van der Waals surface area contributed by atoms with Gasteiger partial charge >= 0.3 is 0 Å². The highest BCUT2D eigenvalue weighted by molar-refractivity contribution is 7.99. The number of unbranched alkanes of at least 4 members (excludes halogenated alkanes) is 1. The second-order valence-electron chi connectivity index (χ2n) is 4.27. The second-order valence-corrected chi connectivity index (χ2v) is 5.78. The second kappa shape index (κ2) is 7.99. The van der Waals surface area contributed by atoms with Crippen molar-refractivity contribution in [3.8, 4) is 0 Å². The SMILES string of the molecule is CCCCNC(=O)CNCC(C)(C)SC. The van der Waals surface area contributed by atoms with Crippen LogP contribution in [0.1, 0.15) is 33.6 Å². The Morgan fingerprint density at radius 3 is 2.60 bits per heavy atom. The van der Waals surface area contributed by atoms with Crippen LogP contribution in [0, 0.1) is 0 Å². The maximum Gasteiger partial charge on any atom is 0.233 e. The van der Waals surface area contributed by atoms with Crippen LogP contribution in [-0.2, 0) is 4.79 Å². The van der Waals surface area contributed by atoms with E-state index >= 15 is 0 Å². The van der Waals surface area contributed by atoms with Gasteiger partial charge in [-0.1, -0.05) is 13.3 Å². The molecule has 0 aliphatic rings. The molecule has 0 atom stereocenters. The molecule has 0 heterocycles. The van der Waals surface area contributed by atoms with Crippen LogP contribution in [0.15, 0.2) is 0 Å². The van der Waals surface area contributed by atoms with Gasteiger partial charge in [0.15, 0.2) is 0 Å². The van der Waals surface area contributed by atoms with Crippen LogP contribution in [0.5, 0.6) is 0 Å². The van der Waals surface area contributed by atoms with E-state index in [0.29, 0.717) is 6.54 Å². The Bertz CT molecular complexity index is 183. The molecule has 90 valence electrons. The lowest BCUT2D eigenvalue weighted by atomic mass is 10.2. The number of thioether (sulfide) groups is 1. The van der Waals surface area contributed by atoms with Gasteiger partial charge in [-0.15, -0.1) is 0 Å². The smallest absolute Gasteiger partial charge is 0.233 e. The van der Waals surface area contributed by atoms with Crippen molar-refractivity contribution < 1.29 is 4.79 Å². The van der Waals surface area contributed by atoms with Crippen LogP contribution in [0.2, 0.25) is 0 Å². The third-order valence-electron chi connectivity index (χ3n) is 2.24. The predicted octanol–water partition coefficient (Wildman–Crippen LogP) is 1.63. The van der Waals surface area contributed by atoms with Crippen LogP contribution in [0.3, 0.4) is 0 Å². The summed E-state index contributed by atoms with van der Waals surface area (Å²) in [6.07, 6.45) is 4.26. The summed E-state index contributed by atoms with van der Waals surface area (Å²) in [7, 11) is 0. The Morgan fingerprint density at radius 1 is 1.40 bits per heavy atom. The van der Waals surface area contributed by atoms with E-state index in [1.54, 1.807) is 11.8 Å². The average Bonchev–Trinajstić information content (AvgIpc) is 2.18. The van der Waals surface area contributed by atoms with Gasteiger partial charge in [0.05, 0.1) is 6.54 Å². The molecule has 0 saturated heterocycles. The van der Waals surface area contributed by atoms with Crippen molar-refractivity contribution in [3.63, 3.8) is 0 Å². The van der Waals surface area contributed by atoms with Gasteiger partial charge in [0.25, 0.3) is 0 Å². The van der Waals surface area contributed by atoms with E-state index in [4.69, 9.17) is 0 Å². The molecular weight excluding hydrogens is 208 g/mol. The van der Waals surface area contributed by atoms with E-state index in [0.717, 1.165) is 25.9 Å². The molecule has 0 saturated carbocycles. The molecule has 0 aliphatic heterocycles.